The first-order valence-corrected chi connectivity index (χ1v) is 5.29. The zero-order chi connectivity index (χ0) is 12.8. The standard InChI is InChI=1S/C11H12N2O.C2H6/c1-11(2,7-12)9-5-3-8(4-6-9)10(13)14;1-2/h3-6H,1-2H3,(H2,13,14);1-2H3. The monoisotopic (exact) mass is 218 g/mol. The lowest BCUT2D eigenvalue weighted by molar-refractivity contribution is 0.100. The van der Waals surface area contributed by atoms with Gasteiger partial charge in [0.1, 0.15) is 0 Å². The third-order valence-electron chi connectivity index (χ3n) is 2.17. The van der Waals surface area contributed by atoms with Crippen LogP contribution in [-0.4, -0.2) is 5.91 Å². The molecule has 3 heteroatoms. The van der Waals surface area contributed by atoms with Gasteiger partial charge in [-0.25, -0.2) is 0 Å². The van der Waals surface area contributed by atoms with Gasteiger partial charge in [0.15, 0.2) is 0 Å². The van der Waals surface area contributed by atoms with Crippen LogP contribution in [0.1, 0.15) is 43.6 Å². The molecule has 0 aromatic heterocycles. The van der Waals surface area contributed by atoms with Crippen LogP contribution in [0.25, 0.3) is 0 Å². The second-order valence-electron chi connectivity index (χ2n) is 3.68. The molecule has 0 unspecified atom stereocenters. The molecule has 1 aromatic carbocycles. The van der Waals surface area contributed by atoms with Gasteiger partial charge in [0.05, 0.1) is 11.5 Å². The molecule has 0 saturated heterocycles. The summed E-state index contributed by atoms with van der Waals surface area (Å²) >= 11 is 0. The van der Waals surface area contributed by atoms with E-state index in [-0.39, 0.29) is 0 Å². The number of hydrogen-bond donors (Lipinski definition) is 1. The van der Waals surface area contributed by atoms with Crippen LogP contribution < -0.4 is 5.73 Å². The maximum absolute atomic E-state index is 10.8. The van der Waals surface area contributed by atoms with Gasteiger partial charge in [0.25, 0.3) is 0 Å². The predicted molar refractivity (Wildman–Crippen MR) is 64.9 cm³/mol. The summed E-state index contributed by atoms with van der Waals surface area (Å²) in [4.78, 5) is 10.8. The van der Waals surface area contributed by atoms with Crippen LogP contribution >= 0.6 is 0 Å². The zero-order valence-electron chi connectivity index (χ0n) is 10.2. The highest BCUT2D eigenvalue weighted by Crippen LogP contribution is 2.21. The van der Waals surface area contributed by atoms with Crippen molar-refractivity contribution in [2.45, 2.75) is 33.1 Å². The summed E-state index contributed by atoms with van der Waals surface area (Å²) in [7, 11) is 0. The first-order chi connectivity index (χ1) is 7.47. The van der Waals surface area contributed by atoms with Crippen molar-refractivity contribution in [1.29, 1.82) is 5.26 Å². The molecule has 2 N–H and O–H groups in total. The summed E-state index contributed by atoms with van der Waals surface area (Å²) in [5, 5.41) is 8.88. The molecule has 3 nitrogen and oxygen atoms in total. The quantitative estimate of drug-likeness (QED) is 0.829. The smallest absolute Gasteiger partial charge is 0.248 e. The summed E-state index contributed by atoms with van der Waals surface area (Å²) in [6, 6.07) is 8.97. The Morgan fingerprint density at radius 1 is 1.25 bits per heavy atom. The van der Waals surface area contributed by atoms with E-state index in [0.29, 0.717) is 5.56 Å². The van der Waals surface area contributed by atoms with Crippen LogP contribution in [0.3, 0.4) is 0 Å². The molecule has 0 aliphatic rings. The van der Waals surface area contributed by atoms with Crippen LogP contribution in [-0.2, 0) is 5.41 Å². The lowest BCUT2D eigenvalue weighted by atomic mass is 9.86. The third-order valence-corrected chi connectivity index (χ3v) is 2.17. The normalized spacial score (nSPS) is 9.69. The van der Waals surface area contributed by atoms with E-state index in [2.05, 4.69) is 6.07 Å². The van der Waals surface area contributed by atoms with Crippen LogP contribution in [0.2, 0.25) is 0 Å². The van der Waals surface area contributed by atoms with E-state index in [1.54, 1.807) is 24.3 Å². The van der Waals surface area contributed by atoms with Gasteiger partial charge in [-0.15, -0.1) is 0 Å². The molecule has 0 aliphatic heterocycles. The lowest BCUT2D eigenvalue weighted by Crippen LogP contribution is -2.15. The van der Waals surface area contributed by atoms with Crippen molar-refractivity contribution in [2.24, 2.45) is 5.73 Å². The molecule has 0 saturated carbocycles. The maximum atomic E-state index is 10.8. The number of carbonyl (C=O) groups is 1. The van der Waals surface area contributed by atoms with E-state index in [1.165, 1.54) is 0 Å². The lowest BCUT2D eigenvalue weighted by Gasteiger charge is -2.15. The fourth-order valence-electron chi connectivity index (χ4n) is 1.12. The van der Waals surface area contributed by atoms with Crippen LogP contribution in [0.4, 0.5) is 0 Å². The number of nitriles is 1. The zero-order valence-corrected chi connectivity index (χ0v) is 10.2. The Morgan fingerprint density at radius 2 is 1.69 bits per heavy atom. The Bertz CT molecular complexity index is 385. The predicted octanol–water partition coefficient (Wildman–Crippen LogP) is 2.61. The van der Waals surface area contributed by atoms with E-state index in [0.717, 1.165) is 5.56 Å². The molecule has 1 aromatic rings. The van der Waals surface area contributed by atoms with Crippen molar-refractivity contribution in [3.63, 3.8) is 0 Å². The number of primary amides is 1. The van der Waals surface area contributed by atoms with Gasteiger partial charge in [0.2, 0.25) is 5.91 Å². The maximum Gasteiger partial charge on any atom is 0.248 e. The number of carbonyl (C=O) groups excluding carboxylic acids is 1. The van der Waals surface area contributed by atoms with Crippen molar-refractivity contribution >= 4 is 5.91 Å². The number of nitrogens with two attached hydrogens (primary N) is 1. The molecule has 0 heterocycles. The summed E-state index contributed by atoms with van der Waals surface area (Å²) < 4.78 is 0. The second-order valence-corrected chi connectivity index (χ2v) is 3.68. The highest BCUT2D eigenvalue weighted by Gasteiger charge is 2.19. The summed E-state index contributed by atoms with van der Waals surface area (Å²) in [6.07, 6.45) is 0. The van der Waals surface area contributed by atoms with E-state index in [9.17, 15) is 4.79 Å². The third kappa shape index (κ3) is 3.39. The van der Waals surface area contributed by atoms with Crippen LogP contribution in [0.15, 0.2) is 24.3 Å². The molecule has 0 bridgehead atoms. The van der Waals surface area contributed by atoms with Crippen LogP contribution in [0, 0.1) is 11.3 Å². The fourth-order valence-corrected chi connectivity index (χ4v) is 1.12. The molecule has 0 aliphatic carbocycles. The molecule has 86 valence electrons. The molecule has 16 heavy (non-hydrogen) atoms. The first kappa shape index (κ1) is 14.2. The molecule has 0 atom stereocenters. The Labute approximate surface area is 96.9 Å². The molecule has 0 radical (unpaired) electrons. The van der Waals surface area contributed by atoms with Crippen molar-refractivity contribution in [2.75, 3.05) is 0 Å². The van der Waals surface area contributed by atoms with Crippen molar-refractivity contribution < 1.29 is 4.79 Å². The SMILES string of the molecule is CC.CC(C)(C#N)c1ccc(C(N)=O)cc1. The topological polar surface area (TPSA) is 66.9 Å². The minimum Gasteiger partial charge on any atom is -0.366 e. The largest absolute Gasteiger partial charge is 0.366 e. The van der Waals surface area contributed by atoms with Crippen LogP contribution in [0.5, 0.6) is 0 Å². The minimum absolute atomic E-state index is 0.452. The minimum atomic E-state index is -0.532. The van der Waals surface area contributed by atoms with Gasteiger partial charge < -0.3 is 5.73 Å². The number of benzene rings is 1. The molecular formula is C13H18N2O. The highest BCUT2D eigenvalue weighted by atomic mass is 16.1. The van der Waals surface area contributed by atoms with E-state index < -0.39 is 11.3 Å². The van der Waals surface area contributed by atoms with E-state index in [1.807, 2.05) is 27.7 Å². The Kier molecular flexibility index (Phi) is 5.24. The number of nitrogens with zero attached hydrogens (tertiary/aromatic N) is 1. The summed E-state index contributed by atoms with van der Waals surface area (Å²) in [5.74, 6) is -0.452. The van der Waals surface area contributed by atoms with Gasteiger partial charge in [-0.05, 0) is 31.5 Å². The van der Waals surface area contributed by atoms with Crippen molar-refractivity contribution in [3.05, 3.63) is 35.4 Å². The number of rotatable bonds is 2. The number of hydrogen-bond acceptors (Lipinski definition) is 2. The highest BCUT2D eigenvalue weighted by molar-refractivity contribution is 5.92. The average molecular weight is 218 g/mol. The molecular weight excluding hydrogens is 200 g/mol. The Balaban J connectivity index is 0.00000106. The Morgan fingerprint density at radius 3 is 2.00 bits per heavy atom. The van der Waals surface area contributed by atoms with Crippen molar-refractivity contribution in [1.82, 2.24) is 0 Å². The van der Waals surface area contributed by atoms with Gasteiger partial charge in [-0.1, -0.05) is 26.0 Å². The van der Waals surface area contributed by atoms with Gasteiger partial charge in [-0.3, -0.25) is 4.79 Å². The molecule has 0 fully saturated rings. The fraction of sp³-hybridized carbons (Fsp3) is 0.385. The van der Waals surface area contributed by atoms with E-state index >= 15 is 0 Å². The molecule has 1 amide bonds. The summed E-state index contributed by atoms with van der Waals surface area (Å²) in [5.41, 5.74) is 5.91. The Hall–Kier alpha value is -1.82. The molecule has 1 rings (SSSR count). The summed E-state index contributed by atoms with van der Waals surface area (Å²) in [6.45, 7) is 7.65. The first-order valence-electron chi connectivity index (χ1n) is 5.29. The second kappa shape index (κ2) is 5.92. The number of amides is 1. The van der Waals surface area contributed by atoms with Crippen molar-refractivity contribution in [3.8, 4) is 6.07 Å². The van der Waals surface area contributed by atoms with E-state index in [4.69, 9.17) is 11.0 Å². The average Bonchev–Trinajstić information content (AvgIpc) is 2.32. The van der Waals surface area contributed by atoms with Gasteiger partial charge in [-0.2, -0.15) is 5.26 Å². The van der Waals surface area contributed by atoms with Gasteiger partial charge >= 0.3 is 0 Å². The van der Waals surface area contributed by atoms with Gasteiger partial charge in [0, 0.05) is 5.56 Å². The molecule has 0 spiro atoms.